The van der Waals surface area contributed by atoms with E-state index in [1.165, 1.54) is 12.1 Å². The number of benzene rings is 2. The van der Waals surface area contributed by atoms with Crippen molar-refractivity contribution in [3.8, 4) is 22.6 Å². The molecule has 128 valence electrons. The topological polar surface area (TPSA) is 64.6 Å². The van der Waals surface area contributed by atoms with Gasteiger partial charge in [-0.05, 0) is 24.6 Å². The van der Waals surface area contributed by atoms with Crippen LogP contribution >= 0.6 is 0 Å². The van der Waals surface area contributed by atoms with Crippen molar-refractivity contribution in [1.82, 2.24) is 4.72 Å². The maximum Gasteiger partial charge on any atom is 0.573 e. The SMILES string of the molecule is CC1NS(=O)(=O)Oc2c(-c3ccc(OC(F)(F)F)cc3)cccc21. The van der Waals surface area contributed by atoms with Gasteiger partial charge >= 0.3 is 16.7 Å². The molecule has 1 heterocycles. The monoisotopic (exact) mass is 359 g/mol. The first-order valence-corrected chi connectivity index (χ1v) is 8.26. The van der Waals surface area contributed by atoms with E-state index in [1.54, 1.807) is 25.1 Å². The van der Waals surface area contributed by atoms with Gasteiger partial charge in [0.15, 0.2) is 5.75 Å². The van der Waals surface area contributed by atoms with Gasteiger partial charge in [0.2, 0.25) is 0 Å². The highest BCUT2D eigenvalue weighted by Crippen LogP contribution is 2.40. The zero-order valence-corrected chi connectivity index (χ0v) is 13.1. The number of nitrogens with one attached hydrogen (secondary N) is 1. The summed E-state index contributed by atoms with van der Waals surface area (Å²) in [5, 5.41) is 0. The van der Waals surface area contributed by atoms with E-state index in [4.69, 9.17) is 4.18 Å². The predicted molar refractivity (Wildman–Crippen MR) is 79.7 cm³/mol. The summed E-state index contributed by atoms with van der Waals surface area (Å²) in [7, 11) is -3.93. The quantitative estimate of drug-likeness (QED) is 0.891. The molecule has 0 amide bonds. The van der Waals surface area contributed by atoms with Crippen LogP contribution in [0.4, 0.5) is 13.2 Å². The molecule has 1 atom stereocenters. The fourth-order valence-electron chi connectivity index (χ4n) is 2.47. The number of rotatable bonds is 2. The van der Waals surface area contributed by atoms with E-state index in [0.29, 0.717) is 16.7 Å². The van der Waals surface area contributed by atoms with Crippen molar-refractivity contribution in [2.45, 2.75) is 19.3 Å². The first kappa shape index (κ1) is 16.6. The van der Waals surface area contributed by atoms with Crippen molar-refractivity contribution < 1.29 is 30.5 Å². The molecule has 5 nitrogen and oxygen atoms in total. The number of para-hydroxylation sites is 1. The summed E-state index contributed by atoms with van der Waals surface area (Å²) < 4.78 is 71.3. The highest BCUT2D eigenvalue weighted by atomic mass is 32.2. The van der Waals surface area contributed by atoms with Gasteiger partial charge in [0.1, 0.15) is 5.75 Å². The third-order valence-corrected chi connectivity index (χ3v) is 4.45. The summed E-state index contributed by atoms with van der Waals surface area (Å²) in [4.78, 5) is 0. The largest absolute Gasteiger partial charge is 0.573 e. The molecule has 0 bridgehead atoms. The first-order chi connectivity index (χ1) is 11.1. The molecule has 9 heteroatoms. The number of halogens is 3. The second-order valence-electron chi connectivity index (χ2n) is 5.17. The van der Waals surface area contributed by atoms with Gasteiger partial charge in [0.05, 0.1) is 6.04 Å². The summed E-state index contributed by atoms with van der Waals surface area (Å²) in [5.74, 6) is -0.201. The molecule has 24 heavy (non-hydrogen) atoms. The van der Waals surface area contributed by atoms with Gasteiger partial charge < -0.3 is 8.92 Å². The average Bonchev–Trinajstić information content (AvgIpc) is 2.45. The Kier molecular flexibility index (Phi) is 3.92. The van der Waals surface area contributed by atoms with Crippen LogP contribution in [-0.4, -0.2) is 14.8 Å². The van der Waals surface area contributed by atoms with Crippen LogP contribution < -0.4 is 13.6 Å². The maximum atomic E-state index is 12.2. The lowest BCUT2D eigenvalue weighted by Crippen LogP contribution is -2.35. The molecule has 1 aliphatic rings. The molecular weight excluding hydrogens is 347 g/mol. The van der Waals surface area contributed by atoms with Crippen LogP contribution in [0.1, 0.15) is 18.5 Å². The van der Waals surface area contributed by atoms with E-state index in [9.17, 15) is 21.6 Å². The minimum Gasteiger partial charge on any atom is -0.406 e. The van der Waals surface area contributed by atoms with E-state index in [1.807, 2.05) is 0 Å². The molecule has 2 aromatic rings. The number of hydrogen-bond acceptors (Lipinski definition) is 4. The molecule has 1 aliphatic heterocycles. The summed E-state index contributed by atoms with van der Waals surface area (Å²) >= 11 is 0. The number of hydrogen-bond donors (Lipinski definition) is 1. The second kappa shape index (κ2) is 5.67. The average molecular weight is 359 g/mol. The zero-order chi connectivity index (χ0) is 17.5. The lowest BCUT2D eigenvalue weighted by atomic mass is 9.98. The summed E-state index contributed by atoms with van der Waals surface area (Å²) in [6.45, 7) is 1.67. The Labute approximate surface area is 136 Å². The Morgan fingerprint density at radius 2 is 1.79 bits per heavy atom. The lowest BCUT2D eigenvalue weighted by molar-refractivity contribution is -0.274. The summed E-state index contributed by atoms with van der Waals surface area (Å²) in [6, 6.07) is 9.69. The maximum absolute atomic E-state index is 12.2. The molecule has 1 N–H and O–H groups in total. The minimum atomic E-state index is -4.77. The molecule has 0 saturated heterocycles. The molecule has 0 aromatic heterocycles. The minimum absolute atomic E-state index is 0.160. The fourth-order valence-corrected chi connectivity index (χ4v) is 3.48. The smallest absolute Gasteiger partial charge is 0.406 e. The molecule has 2 aromatic carbocycles. The Bertz CT molecular complexity index is 863. The Hall–Kier alpha value is -2.26. The van der Waals surface area contributed by atoms with Crippen molar-refractivity contribution in [2.75, 3.05) is 0 Å². The third kappa shape index (κ3) is 3.46. The Morgan fingerprint density at radius 1 is 1.12 bits per heavy atom. The number of fused-ring (bicyclic) bond motifs is 1. The lowest BCUT2D eigenvalue weighted by Gasteiger charge is -2.25. The van der Waals surface area contributed by atoms with Crippen LogP contribution in [0.3, 0.4) is 0 Å². The molecule has 0 fully saturated rings. The highest BCUT2D eigenvalue weighted by Gasteiger charge is 2.32. The van der Waals surface area contributed by atoms with Crippen molar-refractivity contribution >= 4 is 10.3 Å². The van der Waals surface area contributed by atoms with Crippen molar-refractivity contribution in [3.05, 3.63) is 48.0 Å². The van der Waals surface area contributed by atoms with Gasteiger partial charge in [-0.1, -0.05) is 30.3 Å². The summed E-state index contributed by atoms with van der Waals surface area (Å²) in [5.41, 5.74) is 1.60. The van der Waals surface area contributed by atoms with E-state index in [2.05, 4.69) is 9.46 Å². The van der Waals surface area contributed by atoms with E-state index >= 15 is 0 Å². The highest BCUT2D eigenvalue weighted by molar-refractivity contribution is 7.85. The summed E-state index contributed by atoms with van der Waals surface area (Å²) in [6.07, 6.45) is -4.77. The molecular formula is C15H12F3NO4S. The standard InChI is InChI=1S/C15H12F3NO4S/c1-9-12-3-2-4-13(14(12)23-24(20,21)19-9)10-5-7-11(8-6-10)22-15(16,17)18/h2-9,19H,1H3. The van der Waals surface area contributed by atoms with Crippen LogP contribution in [0.25, 0.3) is 11.1 Å². The Morgan fingerprint density at radius 3 is 2.42 bits per heavy atom. The number of ether oxygens (including phenoxy) is 1. The van der Waals surface area contributed by atoms with E-state index in [0.717, 1.165) is 12.1 Å². The first-order valence-electron chi connectivity index (χ1n) is 6.85. The van der Waals surface area contributed by atoms with Gasteiger partial charge in [-0.25, -0.2) is 0 Å². The van der Waals surface area contributed by atoms with Crippen molar-refractivity contribution in [3.63, 3.8) is 0 Å². The van der Waals surface area contributed by atoms with Crippen LogP contribution in [-0.2, 0) is 10.3 Å². The molecule has 1 unspecified atom stereocenters. The Balaban J connectivity index is 2.01. The van der Waals surface area contributed by atoms with Gasteiger partial charge in [-0.2, -0.15) is 13.1 Å². The van der Waals surface area contributed by atoms with Crippen LogP contribution in [0.15, 0.2) is 42.5 Å². The van der Waals surface area contributed by atoms with E-state index in [-0.39, 0.29) is 11.5 Å². The van der Waals surface area contributed by atoms with Crippen LogP contribution in [0, 0.1) is 0 Å². The molecule has 0 spiro atoms. The third-order valence-electron chi connectivity index (χ3n) is 3.43. The molecule has 0 saturated carbocycles. The normalized spacial score (nSPS) is 19.2. The molecule has 3 rings (SSSR count). The fraction of sp³-hybridized carbons (Fsp3) is 0.200. The van der Waals surface area contributed by atoms with Crippen LogP contribution in [0.2, 0.25) is 0 Å². The molecule has 0 radical (unpaired) electrons. The number of alkyl halides is 3. The second-order valence-corrected chi connectivity index (χ2v) is 6.48. The zero-order valence-electron chi connectivity index (χ0n) is 12.3. The van der Waals surface area contributed by atoms with Gasteiger partial charge in [0.25, 0.3) is 0 Å². The molecule has 0 aliphatic carbocycles. The van der Waals surface area contributed by atoms with Gasteiger partial charge in [0, 0.05) is 11.1 Å². The van der Waals surface area contributed by atoms with Crippen molar-refractivity contribution in [2.24, 2.45) is 0 Å². The van der Waals surface area contributed by atoms with E-state index < -0.39 is 22.7 Å². The predicted octanol–water partition coefficient (Wildman–Crippen LogP) is 3.54. The van der Waals surface area contributed by atoms with Gasteiger partial charge in [-0.3, -0.25) is 0 Å². The van der Waals surface area contributed by atoms with Gasteiger partial charge in [-0.15, -0.1) is 13.2 Å². The van der Waals surface area contributed by atoms with Crippen molar-refractivity contribution in [1.29, 1.82) is 0 Å². The van der Waals surface area contributed by atoms with Crippen LogP contribution in [0.5, 0.6) is 11.5 Å².